The third-order valence-electron chi connectivity index (χ3n) is 2.52. The van der Waals surface area contributed by atoms with E-state index < -0.39 is 0 Å². The van der Waals surface area contributed by atoms with Gasteiger partial charge in [-0.15, -0.1) is 11.6 Å². The van der Waals surface area contributed by atoms with Gasteiger partial charge in [0, 0.05) is 24.8 Å². The van der Waals surface area contributed by atoms with Crippen molar-refractivity contribution in [1.29, 1.82) is 0 Å². The fourth-order valence-corrected chi connectivity index (χ4v) is 1.81. The Labute approximate surface area is 107 Å². The quantitative estimate of drug-likeness (QED) is 0.776. The fourth-order valence-electron chi connectivity index (χ4n) is 1.49. The normalized spacial score (nSPS) is 11.5. The van der Waals surface area contributed by atoms with Crippen LogP contribution in [-0.2, 0) is 0 Å². The van der Waals surface area contributed by atoms with Gasteiger partial charge in [-0.05, 0) is 24.3 Å². The van der Waals surface area contributed by atoms with Crippen molar-refractivity contribution >= 4 is 28.9 Å². The van der Waals surface area contributed by atoms with Crippen LogP contribution < -0.4 is 5.32 Å². The molecule has 1 aromatic rings. The maximum Gasteiger partial charge on any atom is 0.0820 e. The Bertz CT molecular complexity index is 327. The minimum Gasteiger partial charge on any atom is -0.383 e. The molecule has 4 heteroatoms. The molecule has 0 aromatic carbocycles. The number of alkyl halides is 1. The molecule has 1 aromatic heterocycles. The number of halogens is 2. The third-order valence-corrected chi connectivity index (χ3v) is 3.09. The maximum absolute atomic E-state index is 6.01. The van der Waals surface area contributed by atoms with Gasteiger partial charge in [0.05, 0.1) is 10.7 Å². The number of rotatable bonds is 6. The molecule has 90 valence electrons. The molecular formula is C12H18Cl2N2. The number of aromatic nitrogens is 1. The lowest BCUT2D eigenvalue weighted by molar-refractivity contribution is 0.355. The lowest BCUT2D eigenvalue weighted by atomic mass is 9.88. The summed E-state index contributed by atoms with van der Waals surface area (Å²) < 4.78 is 0. The van der Waals surface area contributed by atoms with Gasteiger partial charge < -0.3 is 5.32 Å². The highest BCUT2D eigenvalue weighted by Gasteiger charge is 2.17. The highest BCUT2D eigenvalue weighted by atomic mass is 35.5. The molecule has 0 unspecified atom stereocenters. The van der Waals surface area contributed by atoms with Crippen molar-refractivity contribution in [2.45, 2.75) is 26.7 Å². The monoisotopic (exact) mass is 260 g/mol. The molecule has 0 amide bonds. The van der Waals surface area contributed by atoms with E-state index in [0.717, 1.165) is 31.0 Å². The molecule has 1 heterocycles. The predicted molar refractivity (Wildman–Crippen MR) is 71.5 cm³/mol. The molecule has 1 N–H and O–H groups in total. The molecule has 1 rings (SSSR count). The SMILES string of the molecule is CC(C)(CCCCl)CNc1ccncc1Cl. The first-order valence-corrected chi connectivity index (χ1v) is 6.36. The summed E-state index contributed by atoms with van der Waals surface area (Å²) in [6, 6.07) is 1.89. The summed E-state index contributed by atoms with van der Waals surface area (Å²) in [5, 5.41) is 4.01. The molecule has 0 spiro atoms. The van der Waals surface area contributed by atoms with Crippen LogP contribution in [0.15, 0.2) is 18.5 Å². The van der Waals surface area contributed by atoms with Crippen LogP contribution in [0.3, 0.4) is 0 Å². The number of nitrogens with one attached hydrogen (secondary N) is 1. The van der Waals surface area contributed by atoms with E-state index in [1.807, 2.05) is 6.07 Å². The summed E-state index contributed by atoms with van der Waals surface area (Å²) in [6.45, 7) is 5.33. The first-order chi connectivity index (χ1) is 7.55. The minimum atomic E-state index is 0.224. The molecule has 2 nitrogen and oxygen atoms in total. The zero-order chi connectivity index (χ0) is 12.0. The van der Waals surface area contributed by atoms with Crippen molar-refractivity contribution in [3.63, 3.8) is 0 Å². The summed E-state index contributed by atoms with van der Waals surface area (Å²) in [4.78, 5) is 3.95. The third kappa shape index (κ3) is 4.58. The Balaban J connectivity index is 2.47. The molecule has 0 aliphatic heterocycles. The minimum absolute atomic E-state index is 0.224. The van der Waals surface area contributed by atoms with Crippen LogP contribution in [-0.4, -0.2) is 17.4 Å². The molecule has 0 atom stereocenters. The number of hydrogen-bond acceptors (Lipinski definition) is 2. The smallest absolute Gasteiger partial charge is 0.0820 e. The van der Waals surface area contributed by atoms with E-state index in [-0.39, 0.29) is 5.41 Å². The first kappa shape index (κ1) is 13.6. The first-order valence-electron chi connectivity index (χ1n) is 5.44. The summed E-state index contributed by atoms with van der Waals surface area (Å²) in [7, 11) is 0. The summed E-state index contributed by atoms with van der Waals surface area (Å²) in [5.74, 6) is 0.722. The van der Waals surface area contributed by atoms with Crippen LogP contribution in [0.25, 0.3) is 0 Å². The highest BCUT2D eigenvalue weighted by molar-refractivity contribution is 6.33. The Morgan fingerprint density at radius 1 is 1.44 bits per heavy atom. The lowest BCUT2D eigenvalue weighted by Crippen LogP contribution is -2.23. The Morgan fingerprint density at radius 2 is 2.19 bits per heavy atom. The van der Waals surface area contributed by atoms with Gasteiger partial charge in [-0.25, -0.2) is 0 Å². The number of anilines is 1. The second-order valence-corrected chi connectivity index (χ2v) is 5.45. The molecule has 0 saturated heterocycles. The van der Waals surface area contributed by atoms with Gasteiger partial charge in [0.25, 0.3) is 0 Å². The van der Waals surface area contributed by atoms with E-state index in [0.29, 0.717) is 5.02 Å². The number of nitrogens with zero attached hydrogens (tertiary/aromatic N) is 1. The molecule has 0 bridgehead atoms. The second-order valence-electron chi connectivity index (χ2n) is 4.67. The fraction of sp³-hybridized carbons (Fsp3) is 0.583. The standard InChI is InChI=1S/C12H18Cl2N2/c1-12(2,5-3-6-13)9-16-11-4-7-15-8-10(11)14/h4,7-8H,3,5-6,9H2,1-2H3,(H,15,16). The molecule has 0 aliphatic rings. The van der Waals surface area contributed by atoms with Crippen molar-refractivity contribution in [2.75, 3.05) is 17.7 Å². The van der Waals surface area contributed by atoms with E-state index in [2.05, 4.69) is 24.1 Å². The van der Waals surface area contributed by atoms with Crippen LogP contribution in [0.2, 0.25) is 5.02 Å². The van der Waals surface area contributed by atoms with Crippen LogP contribution in [0, 0.1) is 5.41 Å². The Morgan fingerprint density at radius 3 is 2.81 bits per heavy atom. The number of hydrogen-bond donors (Lipinski definition) is 1. The molecule has 0 aliphatic carbocycles. The van der Waals surface area contributed by atoms with E-state index in [4.69, 9.17) is 23.2 Å². The average Bonchev–Trinajstić information content (AvgIpc) is 2.26. The largest absolute Gasteiger partial charge is 0.383 e. The Kier molecular flexibility index (Phi) is 5.36. The van der Waals surface area contributed by atoms with Crippen molar-refractivity contribution in [3.05, 3.63) is 23.5 Å². The average molecular weight is 261 g/mol. The highest BCUT2D eigenvalue weighted by Crippen LogP contribution is 2.25. The Hall–Kier alpha value is -0.470. The van der Waals surface area contributed by atoms with Gasteiger partial charge in [0.2, 0.25) is 0 Å². The van der Waals surface area contributed by atoms with E-state index >= 15 is 0 Å². The zero-order valence-electron chi connectivity index (χ0n) is 9.76. The van der Waals surface area contributed by atoms with Gasteiger partial charge in [0.1, 0.15) is 0 Å². The van der Waals surface area contributed by atoms with Crippen LogP contribution in [0.4, 0.5) is 5.69 Å². The molecule has 0 fully saturated rings. The molecule has 0 radical (unpaired) electrons. The van der Waals surface area contributed by atoms with Crippen molar-refractivity contribution in [1.82, 2.24) is 4.98 Å². The summed E-state index contributed by atoms with van der Waals surface area (Å²) in [6.07, 6.45) is 5.53. The van der Waals surface area contributed by atoms with Crippen LogP contribution in [0.5, 0.6) is 0 Å². The van der Waals surface area contributed by atoms with Crippen molar-refractivity contribution in [3.8, 4) is 0 Å². The van der Waals surface area contributed by atoms with Gasteiger partial charge in [-0.3, -0.25) is 4.98 Å². The van der Waals surface area contributed by atoms with Crippen LogP contribution in [0.1, 0.15) is 26.7 Å². The van der Waals surface area contributed by atoms with Crippen molar-refractivity contribution < 1.29 is 0 Å². The van der Waals surface area contributed by atoms with Crippen LogP contribution >= 0.6 is 23.2 Å². The molecular weight excluding hydrogens is 243 g/mol. The second kappa shape index (κ2) is 6.31. The zero-order valence-corrected chi connectivity index (χ0v) is 11.3. The van der Waals surface area contributed by atoms with Gasteiger partial charge >= 0.3 is 0 Å². The predicted octanol–water partition coefficient (Wildman–Crippen LogP) is 4.19. The summed E-state index contributed by atoms with van der Waals surface area (Å²) in [5.41, 5.74) is 1.16. The van der Waals surface area contributed by atoms with Gasteiger partial charge in [-0.1, -0.05) is 25.4 Å². The van der Waals surface area contributed by atoms with E-state index in [1.165, 1.54) is 0 Å². The lowest BCUT2D eigenvalue weighted by Gasteiger charge is -2.25. The topological polar surface area (TPSA) is 24.9 Å². The molecule has 0 saturated carbocycles. The maximum atomic E-state index is 6.01. The molecule has 16 heavy (non-hydrogen) atoms. The van der Waals surface area contributed by atoms with Crippen molar-refractivity contribution in [2.24, 2.45) is 5.41 Å². The van der Waals surface area contributed by atoms with E-state index in [9.17, 15) is 0 Å². The summed E-state index contributed by atoms with van der Waals surface area (Å²) >= 11 is 11.7. The van der Waals surface area contributed by atoms with Gasteiger partial charge in [-0.2, -0.15) is 0 Å². The van der Waals surface area contributed by atoms with E-state index in [1.54, 1.807) is 12.4 Å². The number of pyridine rings is 1. The van der Waals surface area contributed by atoms with Gasteiger partial charge in [0.15, 0.2) is 0 Å².